The van der Waals surface area contributed by atoms with Crippen LogP contribution in [0.15, 0.2) is 36.4 Å². The SMILES string of the molecule is COc1cccc(C(O)(C(=O)N(C)CCCC2(C)CCN(c3ccc(C(=O)N(C)C4CC4)c(Cl)n3)CC2)C(F)(F)F)c1. The molecule has 2 fully saturated rings. The van der Waals surface area contributed by atoms with Crippen molar-refractivity contribution < 1.29 is 32.6 Å². The Bertz CT molecular complexity index is 1300. The summed E-state index contributed by atoms with van der Waals surface area (Å²) in [7, 11) is 4.35. The maximum Gasteiger partial charge on any atom is 0.430 e. The van der Waals surface area contributed by atoms with E-state index in [9.17, 15) is 27.9 Å². The van der Waals surface area contributed by atoms with Crippen LogP contribution in [0, 0.1) is 5.41 Å². The summed E-state index contributed by atoms with van der Waals surface area (Å²) in [5.41, 5.74) is -3.97. The van der Waals surface area contributed by atoms with Gasteiger partial charge in [-0.25, -0.2) is 4.98 Å². The molecular formula is C30H38ClF3N4O4. The molecule has 1 aliphatic carbocycles. The first-order chi connectivity index (χ1) is 19.7. The molecule has 42 heavy (non-hydrogen) atoms. The van der Waals surface area contributed by atoms with Gasteiger partial charge in [-0.05, 0) is 68.2 Å². The van der Waals surface area contributed by atoms with Crippen LogP contribution in [-0.4, -0.2) is 84.8 Å². The molecule has 1 unspecified atom stereocenters. The maximum atomic E-state index is 14.1. The third-order valence-corrected chi connectivity index (χ3v) is 8.89. The number of carbonyl (C=O) groups is 2. The summed E-state index contributed by atoms with van der Waals surface area (Å²) in [6.45, 7) is 3.59. The number of likely N-dealkylation sites (N-methyl/N-ethyl adjacent to an activating group) is 1. The number of piperidine rings is 1. The average Bonchev–Trinajstić information content (AvgIpc) is 3.81. The first kappa shape index (κ1) is 31.9. The molecule has 1 aliphatic heterocycles. The first-order valence-corrected chi connectivity index (χ1v) is 14.5. The zero-order chi connectivity index (χ0) is 30.9. The number of methoxy groups -OCH3 is 1. The van der Waals surface area contributed by atoms with E-state index in [2.05, 4.69) is 16.8 Å². The molecule has 1 N–H and O–H groups in total. The average molecular weight is 611 g/mol. The summed E-state index contributed by atoms with van der Waals surface area (Å²) in [6, 6.07) is 8.64. The molecular weight excluding hydrogens is 573 g/mol. The number of carbonyl (C=O) groups excluding carboxylic acids is 2. The van der Waals surface area contributed by atoms with Gasteiger partial charge >= 0.3 is 6.18 Å². The molecule has 2 aromatic rings. The van der Waals surface area contributed by atoms with Crippen LogP contribution >= 0.6 is 11.6 Å². The third-order valence-electron chi connectivity index (χ3n) is 8.60. The van der Waals surface area contributed by atoms with Gasteiger partial charge in [-0.1, -0.05) is 30.7 Å². The molecule has 0 radical (unpaired) electrons. The number of hydrogen-bond acceptors (Lipinski definition) is 6. The maximum absolute atomic E-state index is 14.1. The topological polar surface area (TPSA) is 86.2 Å². The molecule has 4 rings (SSSR count). The smallest absolute Gasteiger partial charge is 0.430 e. The number of benzene rings is 1. The Morgan fingerprint density at radius 1 is 1.17 bits per heavy atom. The molecule has 1 saturated heterocycles. The van der Waals surface area contributed by atoms with Gasteiger partial charge in [-0.3, -0.25) is 9.59 Å². The van der Waals surface area contributed by atoms with Crippen LogP contribution in [0.3, 0.4) is 0 Å². The monoisotopic (exact) mass is 610 g/mol. The zero-order valence-corrected chi connectivity index (χ0v) is 25.1. The minimum absolute atomic E-state index is 0.0580. The van der Waals surface area contributed by atoms with E-state index in [4.69, 9.17) is 16.3 Å². The molecule has 1 atom stereocenters. The van der Waals surface area contributed by atoms with E-state index >= 15 is 0 Å². The molecule has 2 heterocycles. The normalized spacial score (nSPS) is 18.3. The molecule has 230 valence electrons. The van der Waals surface area contributed by atoms with Gasteiger partial charge in [0.1, 0.15) is 16.7 Å². The summed E-state index contributed by atoms with van der Waals surface area (Å²) in [5, 5.41) is 10.9. The Kier molecular flexibility index (Phi) is 9.32. The molecule has 8 nitrogen and oxygen atoms in total. The lowest BCUT2D eigenvalue weighted by molar-refractivity contribution is -0.261. The highest BCUT2D eigenvalue weighted by Crippen LogP contribution is 2.42. The van der Waals surface area contributed by atoms with Crippen molar-refractivity contribution in [3.63, 3.8) is 0 Å². The van der Waals surface area contributed by atoms with E-state index in [-0.39, 0.29) is 34.8 Å². The van der Waals surface area contributed by atoms with Gasteiger partial charge in [-0.15, -0.1) is 0 Å². The Balaban J connectivity index is 1.32. The van der Waals surface area contributed by atoms with Gasteiger partial charge in [0.2, 0.25) is 0 Å². The van der Waals surface area contributed by atoms with E-state index in [1.165, 1.54) is 26.3 Å². The third kappa shape index (κ3) is 6.62. The number of rotatable bonds is 10. The lowest BCUT2D eigenvalue weighted by atomic mass is 9.76. The van der Waals surface area contributed by atoms with Crippen molar-refractivity contribution in [3.8, 4) is 5.75 Å². The Morgan fingerprint density at radius 2 is 1.83 bits per heavy atom. The zero-order valence-electron chi connectivity index (χ0n) is 24.4. The van der Waals surface area contributed by atoms with Crippen molar-refractivity contribution in [2.45, 2.75) is 63.3 Å². The van der Waals surface area contributed by atoms with Crippen molar-refractivity contribution in [2.75, 3.05) is 45.7 Å². The molecule has 1 aromatic carbocycles. The number of aromatic nitrogens is 1. The van der Waals surface area contributed by atoms with E-state index in [0.29, 0.717) is 37.3 Å². The van der Waals surface area contributed by atoms with E-state index in [1.54, 1.807) is 18.0 Å². The molecule has 12 heteroatoms. The molecule has 2 aliphatic rings. The van der Waals surface area contributed by atoms with Gasteiger partial charge in [0, 0.05) is 45.3 Å². The number of amides is 2. The first-order valence-electron chi connectivity index (χ1n) is 14.1. The Morgan fingerprint density at radius 3 is 2.40 bits per heavy atom. The Labute approximate surface area is 249 Å². The summed E-state index contributed by atoms with van der Waals surface area (Å²) in [5.74, 6) is -0.764. The number of pyridine rings is 1. The van der Waals surface area contributed by atoms with Crippen LogP contribution in [0.2, 0.25) is 5.15 Å². The summed E-state index contributed by atoms with van der Waals surface area (Å²) in [4.78, 5) is 35.0. The fourth-order valence-corrected chi connectivity index (χ4v) is 5.71. The fourth-order valence-electron chi connectivity index (χ4n) is 5.48. The van der Waals surface area contributed by atoms with Crippen molar-refractivity contribution in [3.05, 3.63) is 52.7 Å². The van der Waals surface area contributed by atoms with Gasteiger partial charge in [0.25, 0.3) is 17.4 Å². The number of aliphatic hydroxyl groups is 1. The van der Waals surface area contributed by atoms with Crippen molar-refractivity contribution >= 4 is 29.2 Å². The molecule has 1 saturated carbocycles. The molecule has 1 aromatic heterocycles. The second-order valence-corrected chi connectivity index (χ2v) is 12.1. The largest absolute Gasteiger partial charge is 0.497 e. The minimum atomic E-state index is -5.22. The quantitative estimate of drug-likeness (QED) is 0.369. The number of alkyl halides is 3. The van der Waals surface area contributed by atoms with Crippen LogP contribution in [0.25, 0.3) is 0 Å². The Hall–Kier alpha value is -3.05. The van der Waals surface area contributed by atoms with Gasteiger partial charge < -0.3 is 24.5 Å². The summed E-state index contributed by atoms with van der Waals surface area (Å²) >= 11 is 6.39. The lowest BCUT2D eigenvalue weighted by Crippen LogP contribution is -2.55. The number of anilines is 1. The van der Waals surface area contributed by atoms with Crippen LogP contribution in [0.4, 0.5) is 19.0 Å². The highest BCUT2D eigenvalue weighted by Gasteiger charge is 2.61. The van der Waals surface area contributed by atoms with Gasteiger partial charge in [-0.2, -0.15) is 13.2 Å². The van der Waals surface area contributed by atoms with Gasteiger partial charge in [0.05, 0.1) is 12.7 Å². The number of hydrogen-bond donors (Lipinski definition) is 1. The standard InChI is InChI=1S/C30H38ClF3N4O4/c1-28(13-6-16-36(2)27(40)29(41,30(32,33)34)20-7-5-8-22(19-20)42-4)14-17-38(18-15-28)24-12-11-23(25(31)35-24)26(39)37(3)21-9-10-21/h5,7-8,11-12,19,21,41H,6,9-10,13-18H2,1-4H3. The van der Waals surface area contributed by atoms with Crippen molar-refractivity contribution in [2.24, 2.45) is 5.41 Å². The van der Waals surface area contributed by atoms with Crippen LogP contribution in [-0.2, 0) is 10.4 Å². The molecule has 0 spiro atoms. The number of nitrogens with zero attached hydrogens (tertiary/aromatic N) is 4. The highest BCUT2D eigenvalue weighted by molar-refractivity contribution is 6.32. The predicted molar refractivity (Wildman–Crippen MR) is 154 cm³/mol. The van der Waals surface area contributed by atoms with E-state index < -0.39 is 23.2 Å². The molecule has 2 amide bonds. The number of halogens is 4. The minimum Gasteiger partial charge on any atom is -0.497 e. The van der Waals surface area contributed by atoms with Crippen LogP contribution in [0.1, 0.15) is 61.4 Å². The van der Waals surface area contributed by atoms with Crippen LogP contribution in [0.5, 0.6) is 5.75 Å². The number of ether oxygens (including phenoxy) is 1. The summed E-state index contributed by atoms with van der Waals surface area (Å²) in [6.07, 6.45) is -0.430. The molecule has 0 bridgehead atoms. The van der Waals surface area contributed by atoms with Crippen molar-refractivity contribution in [1.82, 2.24) is 14.8 Å². The van der Waals surface area contributed by atoms with E-state index in [1.807, 2.05) is 6.07 Å². The lowest BCUT2D eigenvalue weighted by Gasteiger charge is -2.40. The van der Waals surface area contributed by atoms with E-state index in [0.717, 1.165) is 42.7 Å². The second kappa shape index (κ2) is 12.3. The van der Waals surface area contributed by atoms with Crippen LogP contribution < -0.4 is 9.64 Å². The fraction of sp³-hybridized carbons (Fsp3) is 0.567. The summed E-state index contributed by atoms with van der Waals surface area (Å²) < 4.78 is 47.2. The van der Waals surface area contributed by atoms with Crippen molar-refractivity contribution in [1.29, 1.82) is 0 Å². The second-order valence-electron chi connectivity index (χ2n) is 11.7. The van der Waals surface area contributed by atoms with Gasteiger partial charge in [0.15, 0.2) is 0 Å². The highest BCUT2D eigenvalue weighted by atomic mass is 35.5. The predicted octanol–water partition coefficient (Wildman–Crippen LogP) is 5.27.